The van der Waals surface area contributed by atoms with Crippen LogP contribution in [-0.4, -0.2) is 29.5 Å². The summed E-state index contributed by atoms with van der Waals surface area (Å²) in [5, 5.41) is 14.0. The summed E-state index contributed by atoms with van der Waals surface area (Å²) in [6, 6.07) is 11.9. The molecule has 0 aliphatic heterocycles. The zero-order chi connectivity index (χ0) is 20.1. The molecule has 3 aromatic rings. The van der Waals surface area contributed by atoms with Crippen molar-refractivity contribution >= 4 is 17.3 Å². The number of nitrogens with one attached hydrogen (secondary N) is 1. The second-order valence-electron chi connectivity index (χ2n) is 6.17. The van der Waals surface area contributed by atoms with E-state index in [2.05, 4.69) is 10.3 Å². The summed E-state index contributed by atoms with van der Waals surface area (Å²) >= 11 is 0. The highest BCUT2D eigenvalue weighted by atomic mass is 16.6. The lowest BCUT2D eigenvalue weighted by Gasteiger charge is -2.10. The average Bonchev–Trinajstić information content (AvgIpc) is 3.17. The van der Waals surface area contributed by atoms with Crippen LogP contribution in [0.3, 0.4) is 0 Å². The number of nitro benzene ring substituents is 1. The number of aryl methyl sites for hydroxylation is 1. The maximum atomic E-state index is 11.9. The maximum absolute atomic E-state index is 11.9. The van der Waals surface area contributed by atoms with Gasteiger partial charge in [0.15, 0.2) is 0 Å². The zero-order valence-electron chi connectivity index (χ0n) is 15.5. The monoisotopic (exact) mass is 381 g/mol. The molecule has 3 rings (SSSR count). The molecule has 28 heavy (non-hydrogen) atoms. The zero-order valence-corrected chi connectivity index (χ0v) is 15.5. The summed E-state index contributed by atoms with van der Waals surface area (Å²) < 4.78 is 10.2. The van der Waals surface area contributed by atoms with Crippen LogP contribution in [0.15, 0.2) is 53.1 Å². The van der Waals surface area contributed by atoms with Crippen molar-refractivity contribution in [2.24, 2.45) is 0 Å². The van der Waals surface area contributed by atoms with Crippen molar-refractivity contribution in [3.63, 3.8) is 0 Å². The lowest BCUT2D eigenvalue weighted by Crippen LogP contribution is -2.11. The Morgan fingerprint density at radius 3 is 2.68 bits per heavy atom. The molecule has 0 saturated heterocycles. The van der Waals surface area contributed by atoms with Gasteiger partial charge in [0.2, 0.25) is 5.89 Å². The van der Waals surface area contributed by atoms with Gasteiger partial charge in [-0.2, -0.15) is 0 Å². The number of non-ortho nitro benzene ring substituents is 1. The molecule has 0 bridgehead atoms. The third kappa shape index (κ3) is 4.35. The molecule has 0 amide bonds. The Hall–Kier alpha value is -3.68. The number of esters is 1. The average molecular weight is 381 g/mol. The smallest absolute Gasteiger partial charge is 0.340 e. The number of benzene rings is 2. The van der Waals surface area contributed by atoms with Crippen LogP contribution in [-0.2, 0) is 11.2 Å². The van der Waals surface area contributed by atoms with Crippen LogP contribution in [0.5, 0.6) is 0 Å². The van der Waals surface area contributed by atoms with Gasteiger partial charge in [-0.3, -0.25) is 10.1 Å². The van der Waals surface area contributed by atoms with Gasteiger partial charge in [-0.15, -0.1) is 0 Å². The fourth-order valence-electron chi connectivity index (χ4n) is 2.65. The number of oxazole rings is 1. The highest BCUT2D eigenvalue weighted by Crippen LogP contribution is 2.23. The highest BCUT2D eigenvalue weighted by Gasteiger charge is 2.17. The van der Waals surface area contributed by atoms with E-state index in [1.54, 1.807) is 6.26 Å². The van der Waals surface area contributed by atoms with Crippen molar-refractivity contribution in [2.75, 3.05) is 19.0 Å². The Kier molecular flexibility index (Phi) is 5.69. The van der Waals surface area contributed by atoms with Gasteiger partial charge in [0.05, 0.1) is 23.3 Å². The molecular weight excluding hydrogens is 362 g/mol. The predicted molar refractivity (Wildman–Crippen MR) is 103 cm³/mol. The minimum atomic E-state index is -0.644. The van der Waals surface area contributed by atoms with Crippen LogP contribution in [0.4, 0.5) is 11.4 Å². The summed E-state index contributed by atoms with van der Waals surface area (Å²) in [4.78, 5) is 26.7. The minimum absolute atomic E-state index is 0.109. The summed E-state index contributed by atoms with van der Waals surface area (Å²) in [6.07, 6.45) is 2.14. The number of carbonyl (C=O) groups is 1. The topological polar surface area (TPSA) is 108 Å². The standard InChI is InChI=1S/C20H19N3O5/c1-13-3-5-14(6-4-13)19-22-15(12-28-19)9-10-21-18-8-7-16(23(25)26)11-17(18)20(24)27-2/h3-8,11-12,21H,9-10H2,1-2H3. The number of hydrogen-bond donors (Lipinski definition) is 1. The van der Waals surface area contributed by atoms with Crippen molar-refractivity contribution in [2.45, 2.75) is 13.3 Å². The Balaban J connectivity index is 1.67. The number of methoxy groups -OCH3 is 1. The van der Waals surface area contributed by atoms with Crippen molar-refractivity contribution in [1.82, 2.24) is 4.98 Å². The molecule has 0 aliphatic carbocycles. The van der Waals surface area contributed by atoms with Gasteiger partial charge in [-0.05, 0) is 25.1 Å². The van der Waals surface area contributed by atoms with Crippen molar-refractivity contribution in [3.8, 4) is 11.5 Å². The van der Waals surface area contributed by atoms with Gasteiger partial charge in [-0.25, -0.2) is 9.78 Å². The largest absolute Gasteiger partial charge is 0.465 e. The van der Waals surface area contributed by atoms with Gasteiger partial charge in [0.25, 0.3) is 5.69 Å². The van der Waals surface area contributed by atoms with E-state index in [0.29, 0.717) is 24.5 Å². The summed E-state index contributed by atoms with van der Waals surface area (Å²) in [7, 11) is 1.23. The van der Waals surface area contributed by atoms with E-state index in [9.17, 15) is 14.9 Å². The first-order valence-electron chi connectivity index (χ1n) is 8.60. The second kappa shape index (κ2) is 8.34. The molecule has 2 aromatic carbocycles. The summed E-state index contributed by atoms with van der Waals surface area (Å²) in [5.74, 6) is -0.102. The molecule has 144 valence electrons. The van der Waals surface area contributed by atoms with Gasteiger partial charge >= 0.3 is 5.97 Å². The highest BCUT2D eigenvalue weighted by molar-refractivity contribution is 5.96. The molecule has 0 aliphatic rings. The van der Waals surface area contributed by atoms with Crippen molar-refractivity contribution in [3.05, 3.63) is 75.7 Å². The minimum Gasteiger partial charge on any atom is -0.465 e. The Bertz CT molecular complexity index is 995. The van der Waals surface area contributed by atoms with Gasteiger partial charge in [0.1, 0.15) is 6.26 Å². The molecule has 8 heteroatoms. The van der Waals surface area contributed by atoms with Crippen LogP contribution in [0.25, 0.3) is 11.5 Å². The quantitative estimate of drug-likeness (QED) is 0.374. The maximum Gasteiger partial charge on any atom is 0.340 e. The van der Waals surface area contributed by atoms with Crippen LogP contribution >= 0.6 is 0 Å². The van der Waals surface area contributed by atoms with E-state index in [1.165, 1.54) is 25.3 Å². The number of rotatable bonds is 7. The normalized spacial score (nSPS) is 10.5. The molecule has 0 radical (unpaired) electrons. The fourth-order valence-corrected chi connectivity index (χ4v) is 2.65. The molecule has 8 nitrogen and oxygen atoms in total. The van der Waals surface area contributed by atoms with E-state index in [4.69, 9.17) is 9.15 Å². The number of hydrogen-bond acceptors (Lipinski definition) is 7. The molecule has 0 atom stereocenters. The molecule has 0 saturated carbocycles. The Morgan fingerprint density at radius 1 is 1.25 bits per heavy atom. The number of nitrogens with zero attached hydrogens (tertiary/aromatic N) is 2. The molecule has 0 spiro atoms. The molecule has 1 N–H and O–H groups in total. The van der Waals surface area contributed by atoms with Gasteiger partial charge < -0.3 is 14.5 Å². The van der Waals surface area contributed by atoms with Crippen LogP contribution < -0.4 is 5.32 Å². The molecule has 1 heterocycles. The van der Waals surface area contributed by atoms with Crippen LogP contribution in [0.1, 0.15) is 21.6 Å². The lowest BCUT2D eigenvalue weighted by molar-refractivity contribution is -0.384. The Morgan fingerprint density at radius 2 is 2.00 bits per heavy atom. The van der Waals surface area contributed by atoms with Crippen molar-refractivity contribution in [1.29, 1.82) is 0 Å². The third-order valence-electron chi connectivity index (χ3n) is 4.17. The number of aromatic nitrogens is 1. The molecule has 1 aromatic heterocycles. The van der Waals surface area contributed by atoms with E-state index in [0.717, 1.165) is 16.8 Å². The number of carbonyl (C=O) groups excluding carboxylic acids is 1. The molecular formula is C20H19N3O5. The van der Waals surface area contributed by atoms with Gasteiger partial charge in [-0.1, -0.05) is 17.7 Å². The number of nitro groups is 1. The fraction of sp³-hybridized carbons (Fsp3) is 0.200. The van der Waals surface area contributed by atoms with E-state index in [1.807, 2.05) is 31.2 Å². The Labute approximate surface area is 161 Å². The molecule has 0 unspecified atom stereocenters. The first-order valence-corrected chi connectivity index (χ1v) is 8.60. The van der Waals surface area contributed by atoms with Crippen LogP contribution in [0, 0.1) is 17.0 Å². The molecule has 0 fully saturated rings. The predicted octanol–water partition coefficient (Wildman–Crippen LogP) is 4.00. The summed E-state index contributed by atoms with van der Waals surface area (Å²) in [5.41, 5.74) is 3.20. The second-order valence-corrected chi connectivity index (χ2v) is 6.17. The first-order chi connectivity index (χ1) is 13.5. The van der Waals surface area contributed by atoms with E-state index < -0.39 is 10.9 Å². The first kappa shape index (κ1) is 19.1. The van der Waals surface area contributed by atoms with E-state index >= 15 is 0 Å². The third-order valence-corrected chi connectivity index (χ3v) is 4.17. The van der Waals surface area contributed by atoms with Gasteiger partial charge in [0, 0.05) is 36.3 Å². The summed E-state index contributed by atoms with van der Waals surface area (Å²) in [6.45, 7) is 2.47. The van der Waals surface area contributed by atoms with Crippen LogP contribution in [0.2, 0.25) is 0 Å². The van der Waals surface area contributed by atoms with Crippen molar-refractivity contribution < 1.29 is 18.9 Å². The number of anilines is 1. The lowest BCUT2D eigenvalue weighted by atomic mass is 10.1. The van der Waals surface area contributed by atoms with E-state index in [-0.39, 0.29) is 11.3 Å². The SMILES string of the molecule is COC(=O)c1cc([N+](=O)[O-])ccc1NCCc1coc(-c2ccc(C)cc2)n1. The number of ether oxygens (including phenoxy) is 1.